The second-order valence-electron chi connectivity index (χ2n) is 8.73. The van der Waals surface area contributed by atoms with Crippen molar-refractivity contribution in [2.24, 2.45) is 5.92 Å². The number of aliphatic carboxylic acids is 1. The number of amides is 1. The maximum absolute atomic E-state index is 13.6. The van der Waals surface area contributed by atoms with Gasteiger partial charge in [0.1, 0.15) is 0 Å². The molecular formula is C29H28ClNO3. The Bertz CT molecular complexity index is 1160. The van der Waals surface area contributed by atoms with E-state index in [4.69, 9.17) is 16.7 Å². The summed E-state index contributed by atoms with van der Waals surface area (Å²) in [6, 6.07) is 23.5. The quantitative estimate of drug-likeness (QED) is 0.368. The summed E-state index contributed by atoms with van der Waals surface area (Å²) < 4.78 is 0. The number of hydrogen-bond donors (Lipinski definition) is 1. The maximum Gasteiger partial charge on any atom is 0.328 e. The third-order valence-corrected chi connectivity index (χ3v) is 6.54. The van der Waals surface area contributed by atoms with Gasteiger partial charge in [-0.05, 0) is 65.4 Å². The summed E-state index contributed by atoms with van der Waals surface area (Å²) >= 11 is 6.01. The van der Waals surface area contributed by atoms with Crippen molar-refractivity contribution in [2.45, 2.75) is 38.6 Å². The van der Waals surface area contributed by atoms with Crippen LogP contribution in [-0.4, -0.2) is 17.0 Å². The molecule has 0 aliphatic heterocycles. The van der Waals surface area contributed by atoms with E-state index in [0.717, 1.165) is 59.7 Å². The van der Waals surface area contributed by atoms with Crippen LogP contribution in [0.4, 0.5) is 5.69 Å². The maximum atomic E-state index is 13.6. The number of rotatable bonds is 7. The van der Waals surface area contributed by atoms with Crippen molar-refractivity contribution < 1.29 is 14.7 Å². The molecule has 1 aliphatic carbocycles. The van der Waals surface area contributed by atoms with Crippen molar-refractivity contribution in [2.75, 3.05) is 4.90 Å². The van der Waals surface area contributed by atoms with Gasteiger partial charge in [-0.3, -0.25) is 4.79 Å². The highest BCUT2D eigenvalue weighted by molar-refractivity contribution is 6.30. The fraction of sp³-hybridized carbons (Fsp3) is 0.241. The number of hydrogen-bond acceptors (Lipinski definition) is 2. The molecule has 0 saturated heterocycles. The molecular weight excluding hydrogens is 446 g/mol. The summed E-state index contributed by atoms with van der Waals surface area (Å²) in [6.07, 6.45) is 7.86. The lowest BCUT2D eigenvalue weighted by Gasteiger charge is -2.30. The highest BCUT2D eigenvalue weighted by Gasteiger charge is 2.27. The molecule has 4 nitrogen and oxygen atoms in total. The molecule has 1 amide bonds. The Morgan fingerprint density at radius 2 is 1.56 bits per heavy atom. The molecule has 3 aromatic rings. The Hall–Kier alpha value is -3.37. The number of anilines is 1. The SMILES string of the molecule is O=C(O)C=Cc1cccc(N(Cc2ccc(-c3ccc(Cl)cc3)cc2)C(=O)C2CCCCC2)c1. The number of benzene rings is 3. The van der Waals surface area contributed by atoms with E-state index in [1.807, 2.05) is 53.4 Å². The monoisotopic (exact) mass is 473 g/mol. The van der Waals surface area contributed by atoms with Crippen LogP contribution in [0.15, 0.2) is 78.9 Å². The largest absolute Gasteiger partial charge is 0.478 e. The van der Waals surface area contributed by atoms with E-state index in [0.29, 0.717) is 11.6 Å². The predicted octanol–water partition coefficient (Wildman–Crippen LogP) is 7.22. The van der Waals surface area contributed by atoms with Gasteiger partial charge in [0.15, 0.2) is 0 Å². The van der Waals surface area contributed by atoms with Crippen molar-refractivity contribution in [1.82, 2.24) is 0 Å². The zero-order valence-corrected chi connectivity index (χ0v) is 19.7. The number of carboxylic acids is 1. The van der Waals surface area contributed by atoms with Gasteiger partial charge in [-0.25, -0.2) is 4.79 Å². The predicted molar refractivity (Wildman–Crippen MR) is 138 cm³/mol. The molecule has 0 radical (unpaired) electrons. The van der Waals surface area contributed by atoms with Crippen molar-refractivity contribution in [3.05, 3.63) is 95.0 Å². The highest BCUT2D eigenvalue weighted by Crippen LogP contribution is 2.30. The minimum Gasteiger partial charge on any atom is -0.478 e. The zero-order valence-electron chi connectivity index (χ0n) is 19.0. The van der Waals surface area contributed by atoms with Crippen LogP contribution in [0.5, 0.6) is 0 Å². The van der Waals surface area contributed by atoms with Crippen LogP contribution in [0.25, 0.3) is 17.2 Å². The van der Waals surface area contributed by atoms with E-state index >= 15 is 0 Å². The number of nitrogens with zero attached hydrogens (tertiary/aromatic N) is 1. The van der Waals surface area contributed by atoms with Gasteiger partial charge in [-0.15, -0.1) is 0 Å². The Morgan fingerprint density at radius 1 is 0.912 bits per heavy atom. The van der Waals surface area contributed by atoms with Crippen molar-refractivity contribution in [3.8, 4) is 11.1 Å². The van der Waals surface area contributed by atoms with Crippen LogP contribution in [0.2, 0.25) is 5.02 Å². The minimum absolute atomic E-state index is 0.0281. The van der Waals surface area contributed by atoms with E-state index in [9.17, 15) is 9.59 Å². The minimum atomic E-state index is -0.999. The summed E-state index contributed by atoms with van der Waals surface area (Å²) in [5.41, 5.74) is 4.74. The topological polar surface area (TPSA) is 57.6 Å². The van der Waals surface area contributed by atoms with Crippen LogP contribution >= 0.6 is 11.6 Å². The van der Waals surface area contributed by atoms with E-state index in [1.54, 1.807) is 6.08 Å². The van der Waals surface area contributed by atoms with E-state index in [1.165, 1.54) is 6.42 Å². The fourth-order valence-electron chi connectivity index (χ4n) is 4.46. The highest BCUT2D eigenvalue weighted by atomic mass is 35.5. The molecule has 0 spiro atoms. The average Bonchev–Trinajstić information content (AvgIpc) is 2.87. The second-order valence-corrected chi connectivity index (χ2v) is 9.17. The fourth-order valence-corrected chi connectivity index (χ4v) is 4.58. The van der Waals surface area contributed by atoms with Crippen molar-refractivity contribution in [3.63, 3.8) is 0 Å². The Balaban J connectivity index is 1.60. The molecule has 0 aromatic heterocycles. The number of carbonyl (C=O) groups excluding carboxylic acids is 1. The van der Waals surface area contributed by atoms with Gasteiger partial charge in [0.25, 0.3) is 0 Å². The van der Waals surface area contributed by atoms with Crippen LogP contribution < -0.4 is 4.90 Å². The second kappa shape index (κ2) is 11.2. The molecule has 1 saturated carbocycles. The number of halogens is 1. The van der Waals surface area contributed by atoms with E-state index in [-0.39, 0.29) is 11.8 Å². The van der Waals surface area contributed by atoms with Crippen molar-refractivity contribution >= 4 is 35.2 Å². The van der Waals surface area contributed by atoms with Gasteiger partial charge in [-0.1, -0.05) is 79.4 Å². The van der Waals surface area contributed by atoms with Gasteiger partial charge >= 0.3 is 5.97 Å². The molecule has 4 rings (SSSR count). The summed E-state index contributed by atoms with van der Waals surface area (Å²) in [7, 11) is 0. The summed E-state index contributed by atoms with van der Waals surface area (Å²) in [4.78, 5) is 26.4. The summed E-state index contributed by atoms with van der Waals surface area (Å²) in [5, 5.41) is 9.67. The Morgan fingerprint density at radius 3 is 2.21 bits per heavy atom. The van der Waals surface area contributed by atoms with Crippen LogP contribution in [0.1, 0.15) is 43.2 Å². The smallest absolute Gasteiger partial charge is 0.328 e. The molecule has 0 bridgehead atoms. The zero-order chi connectivity index (χ0) is 23.9. The average molecular weight is 474 g/mol. The molecule has 34 heavy (non-hydrogen) atoms. The van der Waals surface area contributed by atoms with Crippen LogP contribution in [0, 0.1) is 5.92 Å². The summed E-state index contributed by atoms with van der Waals surface area (Å²) in [6.45, 7) is 0.461. The van der Waals surface area contributed by atoms with Gasteiger partial charge in [0.2, 0.25) is 5.91 Å². The number of carbonyl (C=O) groups is 2. The molecule has 3 aromatic carbocycles. The van der Waals surface area contributed by atoms with Gasteiger partial charge in [0.05, 0.1) is 6.54 Å². The molecule has 1 N–H and O–H groups in total. The first kappa shape index (κ1) is 23.8. The van der Waals surface area contributed by atoms with E-state index < -0.39 is 5.97 Å². The molecule has 1 aliphatic rings. The molecule has 174 valence electrons. The lowest BCUT2D eigenvalue weighted by Crippen LogP contribution is -2.36. The first-order valence-electron chi connectivity index (χ1n) is 11.7. The lowest BCUT2D eigenvalue weighted by atomic mass is 9.88. The standard InChI is InChI=1S/C29H28ClNO3/c30-26-16-14-24(15-17-26)23-12-9-22(10-13-23)20-31(29(34)25-6-2-1-3-7-25)27-8-4-5-21(19-27)11-18-28(32)33/h4-5,8-19,25H,1-3,6-7,20H2,(H,32,33). The van der Waals surface area contributed by atoms with Gasteiger partial charge in [0, 0.05) is 22.7 Å². The van der Waals surface area contributed by atoms with Crippen LogP contribution in [-0.2, 0) is 16.1 Å². The normalized spacial score (nSPS) is 14.3. The number of carboxylic acid groups (broad SMARTS) is 1. The Kier molecular flexibility index (Phi) is 7.81. The molecule has 0 heterocycles. The van der Waals surface area contributed by atoms with Gasteiger partial charge in [-0.2, -0.15) is 0 Å². The lowest BCUT2D eigenvalue weighted by molar-refractivity contribution is -0.131. The molecule has 1 fully saturated rings. The third kappa shape index (κ3) is 6.15. The van der Waals surface area contributed by atoms with Crippen molar-refractivity contribution in [1.29, 1.82) is 0 Å². The first-order valence-corrected chi connectivity index (χ1v) is 12.0. The van der Waals surface area contributed by atoms with Crippen LogP contribution in [0.3, 0.4) is 0 Å². The summed E-state index contributed by atoms with van der Waals surface area (Å²) in [5.74, 6) is -0.831. The molecule has 5 heteroatoms. The molecule has 0 unspecified atom stereocenters. The van der Waals surface area contributed by atoms with Gasteiger partial charge < -0.3 is 10.0 Å². The molecule has 0 atom stereocenters. The third-order valence-electron chi connectivity index (χ3n) is 6.29. The first-order chi connectivity index (χ1) is 16.5. The Labute approximate surface area is 205 Å². The van der Waals surface area contributed by atoms with E-state index in [2.05, 4.69) is 24.3 Å².